The summed E-state index contributed by atoms with van der Waals surface area (Å²) in [7, 11) is 0. The van der Waals surface area contributed by atoms with Crippen molar-refractivity contribution in [3.05, 3.63) is 63.1 Å². The van der Waals surface area contributed by atoms with E-state index in [2.05, 4.69) is 16.9 Å². The van der Waals surface area contributed by atoms with Gasteiger partial charge < -0.3 is 4.57 Å². The van der Waals surface area contributed by atoms with E-state index < -0.39 is 0 Å². The highest BCUT2D eigenvalue weighted by Gasteiger charge is 2.13. The minimum Gasteiger partial charge on any atom is -0.320 e. The van der Waals surface area contributed by atoms with Crippen LogP contribution in [0.2, 0.25) is 0 Å². The van der Waals surface area contributed by atoms with E-state index in [-0.39, 0.29) is 11.2 Å². The SMILES string of the molecule is CCCCCCn1c(=O)[nH]c2ncn(Cc3ccccc3)c2c1=O. The molecule has 6 nitrogen and oxygen atoms in total. The topological polar surface area (TPSA) is 72.7 Å². The van der Waals surface area contributed by atoms with E-state index in [0.717, 1.165) is 31.2 Å². The van der Waals surface area contributed by atoms with Gasteiger partial charge in [-0.15, -0.1) is 0 Å². The molecule has 2 heterocycles. The van der Waals surface area contributed by atoms with Crippen molar-refractivity contribution >= 4 is 11.2 Å². The van der Waals surface area contributed by atoms with Crippen LogP contribution in [-0.4, -0.2) is 19.1 Å². The first-order valence-corrected chi connectivity index (χ1v) is 8.42. The molecule has 0 fully saturated rings. The van der Waals surface area contributed by atoms with Gasteiger partial charge in [0.15, 0.2) is 11.2 Å². The molecule has 0 aliphatic carbocycles. The van der Waals surface area contributed by atoms with E-state index in [0.29, 0.717) is 24.3 Å². The highest BCUT2D eigenvalue weighted by molar-refractivity contribution is 5.69. The minimum absolute atomic E-state index is 0.265. The fourth-order valence-electron chi connectivity index (χ4n) is 2.89. The Morgan fingerprint density at radius 3 is 2.62 bits per heavy atom. The Kier molecular flexibility index (Phi) is 4.93. The molecular weight excluding hydrogens is 304 g/mol. The molecule has 0 saturated heterocycles. The van der Waals surface area contributed by atoms with E-state index >= 15 is 0 Å². The Bertz CT molecular complexity index is 922. The van der Waals surface area contributed by atoms with E-state index in [9.17, 15) is 9.59 Å². The second-order valence-corrected chi connectivity index (χ2v) is 6.00. The Hall–Kier alpha value is -2.63. The van der Waals surface area contributed by atoms with Gasteiger partial charge in [0, 0.05) is 13.1 Å². The lowest BCUT2D eigenvalue weighted by Crippen LogP contribution is -2.35. The van der Waals surface area contributed by atoms with Crippen molar-refractivity contribution in [1.82, 2.24) is 19.1 Å². The summed E-state index contributed by atoms with van der Waals surface area (Å²) in [5.41, 5.74) is 1.24. The average molecular weight is 326 g/mol. The third-order valence-corrected chi connectivity index (χ3v) is 4.19. The highest BCUT2D eigenvalue weighted by Crippen LogP contribution is 2.08. The Labute approximate surface area is 139 Å². The van der Waals surface area contributed by atoms with Crippen LogP contribution < -0.4 is 11.2 Å². The second kappa shape index (κ2) is 7.29. The van der Waals surface area contributed by atoms with E-state index in [1.807, 2.05) is 30.3 Å². The molecule has 0 amide bonds. The molecular formula is C18H22N4O2. The molecule has 2 aromatic heterocycles. The van der Waals surface area contributed by atoms with E-state index in [1.165, 1.54) is 4.57 Å². The summed E-state index contributed by atoms with van der Waals surface area (Å²) < 4.78 is 3.09. The lowest BCUT2D eigenvalue weighted by atomic mass is 10.2. The molecule has 0 spiro atoms. The second-order valence-electron chi connectivity index (χ2n) is 6.00. The van der Waals surface area contributed by atoms with Gasteiger partial charge in [0.2, 0.25) is 0 Å². The van der Waals surface area contributed by atoms with Gasteiger partial charge in [-0.3, -0.25) is 14.3 Å². The number of unbranched alkanes of at least 4 members (excludes halogenated alkanes) is 3. The summed E-state index contributed by atoms with van der Waals surface area (Å²) in [4.78, 5) is 31.8. The smallest absolute Gasteiger partial charge is 0.320 e. The third kappa shape index (κ3) is 3.32. The Balaban J connectivity index is 1.95. The summed E-state index contributed by atoms with van der Waals surface area (Å²) in [5.74, 6) is 0. The number of rotatable bonds is 7. The number of nitrogens with one attached hydrogen (secondary N) is 1. The number of hydrogen-bond acceptors (Lipinski definition) is 3. The maximum Gasteiger partial charge on any atom is 0.330 e. The maximum absolute atomic E-state index is 12.8. The van der Waals surface area contributed by atoms with Gasteiger partial charge in [-0.2, -0.15) is 0 Å². The van der Waals surface area contributed by atoms with Crippen LogP contribution in [0.15, 0.2) is 46.2 Å². The molecule has 0 aliphatic rings. The van der Waals surface area contributed by atoms with Gasteiger partial charge in [-0.05, 0) is 12.0 Å². The Morgan fingerprint density at radius 1 is 1.08 bits per heavy atom. The molecule has 126 valence electrons. The summed E-state index contributed by atoms with van der Waals surface area (Å²) in [6.07, 6.45) is 5.68. The number of nitrogens with zero attached hydrogens (tertiary/aromatic N) is 3. The van der Waals surface area contributed by atoms with Gasteiger partial charge in [-0.25, -0.2) is 9.78 Å². The molecule has 0 unspecified atom stereocenters. The molecule has 0 atom stereocenters. The van der Waals surface area contributed by atoms with Crippen LogP contribution in [0.1, 0.15) is 38.2 Å². The summed E-state index contributed by atoms with van der Waals surface area (Å²) in [6.45, 7) is 3.13. The van der Waals surface area contributed by atoms with Crippen molar-refractivity contribution in [3.8, 4) is 0 Å². The van der Waals surface area contributed by atoms with Crippen molar-refractivity contribution in [3.63, 3.8) is 0 Å². The zero-order chi connectivity index (χ0) is 16.9. The molecule has 24 heavy (non-hydrogen) atoms. The quantitative estimate of drug-likeness (QED) is 0.678. The number of fused-ring (bicyclic) bond motifs is 1. The predicted molar refractivity (Wildman–Crippen MR) is 94.3 cm³/mol. The first-order valence-electron chi connectivity index (χ1n) is 8.42. The minimum atomic E-state index is -0.381. The molecule has 3 aromatic rings. The lowest BCUT2D eigenvalue weighted by Gasteiger charge is -2.07. The summed E-state index contributed by atoms with van der Waals surface area (Å²) >= 11 is 0. The zero-order valence-corrected chi connectivity index (χ0v) is 13.9. The van der Waals surface area contributed by atoms with Crippen LogP contribution in [0.25, 0.3) is 11.2 Å². The first kappa shape index (κ1) is 16.2. The fraction of sp³-hybridized carbons (Fsp3) is 0.389. The standard InChI is InChI=1S/C18H22N4O2/c1-2-3-4-8-11-22-17(23)15-16(20-18(22)24)19-13-21(15)12-14-9-6-5-7-10-14/h5-7,9-10,13H,2-4,8,11-12H2,1H3,(H,20,24). The summed E-state index contributed by atoms with van der Waals surface area (Å²) in [5, 5.41) is 0. The molecule has 0 radical (unpaired) electrons. The Morgan fingerprint density at radius 2 is 1.88 bits per heavy atom. The largest absolute Gasteiger partial charge is 0.330 e. The van der Waals surface area contributed by atoms with Crippen LogP contribution in [0, 0.1) is 0 Å². The molecule has 0 aliphatic heterocycles. The first-order chi connectivity index (χ1) is 11.7. The van der Waals surface area contributed by atoms with E-state index in [1.54, 1.807) is 10.9 Å². The molecule has 6 heteroatoms. The molecule has 3 rings (SSSR count). The van der Waals surface area contributed by atoms with Crippen LogP contribution in [-0.2, 0) is 13.1 Å². The van der Waals surface area contributed by atoms with Crippen molar-refractivity contribution in [2.75, 3.05) is 0 Å². The van der Waals surface area contributed by atoms with Gasteiger partial charge in [0.25, 0.3) is 5.56 Å². The van der Waals surface area contributed by atoms with Crippen LogP contribution in [0.4, 0.5) is 0 Å². The van der Waals surface area contributed by atoms with Crippen molar-refractivity contribution in [2.24, 2.45) is 0 Å². The lowest BCUT2D eigenvalue weighted by molar-refractivity contribution is 0.553. The van der Waals surface area contributed by atoms with Crippen LogP contribution in [0.3, 0.4) is 0 Å². The number of hydrogen-bond donors (Lipinski definition) is 1. The number of aromatic nitrogens is 4. The number of benzene rings is 1. The average Bonchev–Trinajstić information content (AvgIpc) is 2.97. The van der Waals surface area contributed by atoms with Crippen LogP contribution in [0.5, 0.6) is 0 Å². The summed E-state index contributed by atoms with van der Waals surface area (Å²) in [6, 6.07) is 9.88. The van der Waals surface area contributed by atoms with E-state index in [4.69, 9.17) is 0 Å². The third-order valence-electron chi connectivity index (χ3n) is 4.19. The van der Waals surface area contributed by atoms with Gasteiger partial charge in [0.05, 0.1) is 6.33 Å². The van der Waals surface area contributed by atoms with Gasteiger partial charge in [0.1, 0.15) is 0 Å². The monoisotopic (exact) mass is 326 g/mol. The maximum atomic E-state index is 12.8. The van der Waals surface area contributed by atoms with Crippen molar-refractivity contribution in [1.29, 1.82) is 0 Å². The zero-order valence-electron chi connectivity index (χ0n) is 13.9. The molecule has 0 bridgehead atoms. The number of aromatic amines is 1. The van der Waals surface area contributed by atoms with Crippen LogP contribution >= 0.6 is 0 Å². The van der Waals surface area contributed by atoms with Gasteiger partial charge in [-0.1, -0.05) is 56.5 Å². The van der Waals surface area contributed by atoms with Crippen molar-refractivity contribution < 1.29 is 0 Å². The number of H-pyrrole nitrogens is 1. The normalized spacial score (nSPS) is 11.2. The highest BCUT2D eigenvalue weighted by atomic mass is 16.2. The molecule has 0 saturated carbocycles. The number of imidazole rings is 1. The fourth-order valence-corrected chi connectivity index (χ4v) is 2.89. The molecule has 1 aromatic carbocycles. The predicted octanol–water partition coefficient (Wildman–Crippen LogP) is 2.51. The van der Waals surface area contributed by atoms with Gasteiger partial charge >= 0.3 is 5.69 Å². The molecule has 1 N–H and O–H groups in total. The van der Waals surface area contributed by atoms with Crippen molar-refractivity contribution in [2.45, 2.75) is 45.7 Å².